The van der Waals surface area contributed by atoms with E-state index in [1.807, 2.05) is 54.6 Å². The second-order valence-electron chi connectivity index (χ2n) is 6.77. The van der Waals surface area contributed by atoms with Gasteiger partial charge in [-0.2, -0.15) is 0 Å². The molecule has 0 fully saturated rings. The maximum atomic E-state index is 12.1. The first-order valence-electron chi connectivity index (χ1n) is 10.1. The minimum absolute atomic E-state index is 0.434. The van der Waals surface area contributed by atoms with E-state index in [2.05, 4.69) is 6.92 Å². The number of benzene rings is 3. The van der Waals surface area contributed by atoms with Gasteiger partial charge in [0.05, 0.1) is 6.61 Å². The van der Waals surface area contributed by atoms with Crippen molar-refractivity contribution in [1.82, 2.24) is 0 Å². The van der Waals surface area contributed by atoms with Crippen molar-refractivity contribution < 1.29 is 19.0 Å². The fraction of sp³-hybridized carbons (Fsp3) is 0.192. The predicted octanol–water partition coefficient (Wildman–Crippen LogP) is 6.06. The lowest BCUT2D eigenvalue weighted by Gasteiger charge is -2.07. The predicted molar refractivity (Wildman–Crippen MR) is 119 cm³/mol. The maximum Gasteiger partial charge on any atom is 0.336 e. The van der Waals surface area contributed by atoms with Crippen molar-refractivity contribution in [1.29, 1.82) is 0 Å². The van der Waals surface area contributed by atoms with Gasteiger partial charge in [0.25, 0.3) is 0 Å². The first kappa shape index (κ1) is 21.2. The number of esters is 1. The first-order chi connectivity index (χ1) is 14.7. The molecule has 0 aliphatic rings. The molecule has 0 aromatic heterocycles. The smallest absolute Gasteiger partial charge is 0.336 e. The van der Waals surface area contributed by atoms with Crippen LogP contribution >= 0.6 is 0 Å². The minimum atomic E-state index is -0.434. The van der Waals surface area contributed by atoms with Crippen LogP contribution in [0.1, 0.15) is 30.9 Å². The molecule has 0 amide bonds. The Kier molecular flexibility index (Phi) is 8.10. The lowest BCUT2D eigenvalue weighted by atomic mass is 10.2. The number of rotatable bonds is 10. The fourth-order valence-electron chi connectivity index (χ4n) is 2.67. The summed E-state index contributed by atoms with van der Waals surface area (Å²) in [6, 6.07) is 24.6. The van der Waals surface area contributed by atoms with Crippen LogP contribution in [0.25, 0.3) is 6.08 Å². The molecule has 30 heavy (non-hydrogen) atoms. The van der Waals surface area contributed by atoms with Crippen LogP contribution in [0.15, 0.2) is 84.9 Å². The molecule has 0 saturated carbocycles. The van der Waals surface area contributed by atoms with E-state index in [1.54, 1.807) is 30.3 Å². The van der Waals surface area contributed by atoms with Gasteiger partial charge in [0.1, 0.15) is 23.9 Å². The van der Waals surface area contributed by atoms with Gasteiger partial charge in [0.2, 0.25) is 0 Å². The third-order valence-corrected chi connectivity index (χ3v) is 4.35. The molecule has 0 saturated heterocycles. The van der Waals surface area contributed by atoms with E-state index in [-0.39, 0.29) is 0 Å². The van der Waals surface area contributed by atoms with Gasteiger partial charge in [-0.15, -0.1) is 0 Å². The van der Waals surface area contributed by atoms with Gasteiger partial charge in [0.15, 0.2) is 0 Å². The molecular formula is C26H26O4. The molecule has 3 aromatic rings. The summed E-state index contributed by atoms with van der Waals surface area (Å²) in [5.41, 5.74) is 2.00. The molecule has 4 heteroatoms. The largest absolute Gasteiger partial charge is 0.494 e. The number of unbranched alkanes of at least 4 members (excludes halogenated alkanes) is 1. The summed E-state index contributed by atoms with van der Waals surface area (Å²) in [5.74, 6) is 1.58. The van der Waals surface area contributed by atoms with E-state index in [9.17, 15) is 4.79 Å². The first-order valence-corrected chi connectivity index (χ1v) is 10.1. The van der Waals surface area contributed by atoms with E-state index < -0.39 is 5.97 Å². The summed E-state index contributed by atoms with van der Waals surface area (Å²) in [6.07, 6.45) is 5.27. The molecule has 0 radical (unpaired) electrons. The molecule has 0 aliphatic heterocycles. The van der Waals surface area contributed by atoms with Gasteiger partial charge < -0.3 is 14.2 Å². The highest BCUT2D eigenvalue weighted by Gasteiger charge is 2.02. The molecule has 0 N–H and O–H groups in total. The van der Waals surface area contributed by atoms with Crippen LogP contribution in [-0.4, -0.2) is 12.6 Å². The zero-order valence-electron chi connectivity index (χ0n) is 17.1. The summed E-state index contributed by atoms with van der Waals surface area (Å²) in [5, 5.41) is 0. The van der Waals surface area contributed by atoms with Crippen molar-refractivity contribution in [2.45, 2.75) is 26.4 Å². The third kappa shape index (κ3) is 7.13. The van der Waals surface area contributed by atoms with Gasteiger partial charge in [0, 0.05) is 6.08 Å². The Morgan fingerprint density at radius 1 is 0.800 bits per heavy atom. The van der Waals surface area contributed by atoms with E-state index in [0.717, 1.165) is 35.5 Å². The Labute approximate surface area is 177 Å². The van der Waals surface area contributed by atoms with Gasteiger partial charge in [-0.3, -0.25) is 0 Å². The normalized spacial score (nSPS) is 10.7. The van der Waals surface area contributed by atoms with E-state index >= 15 is 0 Å². The zero-order valence-corrected chi connectivity index (χ0v) is 17.1. The van der Waals surface area contributed by atoms with Crippen LogP contribution in [-0.2, 0) is 11.4 Å². The number of hydrogen-bond donors (Lipinski definition) is 0. The summed E-state index contributed by atoms with van der Waals surface area (Å²) in [4.78, 5) is 12.1. The molecule has 4 nitrogen and oxygen atoms in total. The molecule has 0 spiro atoms. The van der Waals surface area contributed by atoms with Gasteiger partial charge in [-0.25, -0.2) is 4.79 Å². The lowest BCUT2D eigenvalue weighted by molar-refractivity contribution is -0.128. The average Bonchev–Trinajstić information content (AvgIpc) is 2.79. The summed E-state index contributed by atoms with van der Waals surface area (Å²) in [6.45, 7) is 3.34. The molecular weight excluding hydrogens is 376 g/mol. The Bertz CT molecular complexity index is 929. The van der Waals surface area contributed by atoms with Gasteiger partial charge >= 0.3 is 5.97 Å². The monoisotopic (exact) mass is 402 g/mol. The second kappa shape index (κ2) is 11.5. The van der Waals surface area contributed by atoms with Gasteiger partial charge in [-0.05, 0) is 60.0 Å². The molecule has 154 valence electrons. The third-order valence-electron chi connectivity index (χ3n) is 4.35. The summed E-state index contributed by atoms with van der Waals surface area (Å²) < 4.78 is 16.7. The highest BCUT2D eigenvalue weighted by Crippen LogP contribution is 2.19. The van der Waals surface area contributed by atoms with Crippen molar-refractivity contribution >= 4 is 12.0 Å². The molecule has 3 rings (SSSR count). The quantitative estimate of drug-likeness (QED) is 0.179. The number of hydrogen-bond acceptors (Lipinski definition) is 4. The SMILES string of the molecule is CCCCOc1ccc(/C=C/C(=O)Oc2ccc(OCc3ccccc3)cc2)cc1. The highest BCUT2D eigenvalue weighted by molar-refractivity contribution is 5.88. The van der Waals surface area contributed by atoms with Crippen LogP contribution < -0.4 is 14.2 Å². The number of carbonyl (C=O) groups is 1. The molecule has 0 bridgehead atoms. The molecule has 0 heterocycles. The van der Waals surface area contributed by atoms with Crippen LogP contribution in [0.4, 0.5) is 0 Å². The van der Waals surface area contributed by atoms with Crippen LogP contribution in [0, 0.1) is 0 Å². The lowest BCUT2D eigenvalue weighted by Crippen LogP contribution is -2.03. The molecule has 3 aromatic carbocycles. The van der Waals surface area contributed by atoms with E-state index in [0.29, 0.717) is 19.0 Å². The maximum absolute atomic E-state index is 12.1. The van der Waals surface area contributed by atoms with Crippen LogP contribution in [0.3, 0.4) is 0 Å². The molecule has 0 aliphatic carbocycles. The average molecular weight is 402 g/mol. The Hall–Kier alpha value is -3.53. The molecule has 0 unspecified atom stereocenters. The topological polar surface area (TPSA) is 44.8 Å². The Morgan fingerprint density at radius 2 is 1.43 bits per heavy atom. The molecule has 0 atom stereocenters. The summed E-state index contributed by atoms with van der Waals surface area (Å²) in [7, 11) is 0. The second-order valence-corrected chi connectivity index (χ2v) is 6.77. The van der Waals surface area contributed by atoms with Crippen molar-refractivity contribution in [2.24, 2.45) is 0 Å². The number of carbonyl (C=O) groups excluding carboxylic acids is 1. The van der Waals surface area contributed by atoms with Crippen molar-refractivity contribution in [2.75, 3.05) is 6.61 Å². The minimum Gasteiger partial charge on any atom is -0.494 e. The Balaban J connectivity index is 1.46. The van der Waals surface area contributed by atoms with Crippen LogP contribution in [0.5, 0.6) is 17.2 Å². The van der Waals surface area contributed by atoms with E-state index in [4.69, 9.17) is 14.2 Å². The zero-order chi connectivity index (χ0) is 21.0. The van der Waals surface area contributed by atoms with Crippen LogP contribution in [0.2, 0.25) is 0 Å². The number of ether oxygens (including phenoxy) is 3. The fourth-order valence-corrected chi connectivity index (χ4v) is 2.67. The van der Waals surface area contributed by atoms with Crippen molar-refractivity contribution in [3.63, 3.8) is 0 Å². The standard InChI is InChI=1S/C26H26O4/c1-2-3-19-28-23-12-9-21(10-13-23)11-18-26(27)30-25-16-14-24(15-17-25)29-20-22-7-5-4-6-8-22/h4-18H,2-3,19-20H2,1H3/b18-11+. The Morgan fingerprint density at radius 3 is 2.13 bits per heavy atom. The van der Waals surface area contributed by atoms with Gasteiger partial charge in [-0.1, -0.05) is 55.8 Å². The highest BCUT2D eigenvalue weighted by atomic mass is 16.5. The van der Waals surface area contributed by atoms with Crippen molar-refractivity contribution in [3.05, 3.63) is 96.1 Å². The summed E-state index contributed by atoms with van der Waals surface area (Å²) >= 11 is 0. The van der Waals surface area contributed by atoms with E-state index in [1.165, 1.54) is 6.08 Å². The van der Waals surface area contributed by atoms with Crippen molar-refractivity contribution in [3.8, 4) is 17.2 Å².